The fraction of sp³-hybridized carbons (Fsp3) is 0.538. The van der Waals surface area contributed by atoms with Gasteiger partial charge in [-0.25, -0.2) is 8.42 Å². The zero-order valence-corrected chi connectivity index (χ0v) is 12.1. The Kier molecular flexibility index (Phi) is 4.44. The number of morpholine rings is 1. The van der Waals surface area contributed by atoms with Gasteiger partial charge in [-0.1, -0.05) is 13.0 Å². The normalized spacial score (nSPS) is 17.4. The zero-order valence-electron chi connectivity index (χ0n) is 11.3. The number of methoxy groups -OCH3 is 1. The number of rotatable bonds is 4. The van der Waals surface area contributed by atoms with Crippen LogP contribution in [0, 0.1) is 0 Å². The van der Waals surface area contributed by atoms with E-state index in [4.69, 9.17) is 9.47 Å². The molecule has 1 saturated heterocycles. The third-order valence-corrected chi connectivity index (χ3v) is 5.14. The summed E-state index contributed by atoms with van der Waals surface area (Å²) in [4.78, 5) is 0.281. The lowest BCUT2D eigenvalue weighted by molar-refractivity contribution is 0.0730. The Morgan fingerprint density at radius 2 is 2.00 bits per heavy atom. The van der Waals surface area contributed by atoms with Crippen LogP contribution in [0.1, 0.15) is 12.5 Å². The quantitative estimate of drug-likeness (QED) is 0.836. The number of hydrogen-bond donors (Lipinski definition) is 0. The van der Waals surface area contributed by atoms with E-state index in [0.29, 0.717) is 32.1 Å². The van der Waals surface area contributed by atoms with Crippen LogP contribution in [0.2, 0.25) is 0 Å². The minimum atomic E-state index is -3.45. The van der Waals surface area contributed by atoms with Crippen LogP contribution < -0.4 is 4.74 Å². The van der Waals surface area contributed by atoms with Crippen LogP contribution in [0.25, 0.3) is 0 Å². The van der Waals surface area contributed by atoms with Crippen molar-refractivity contribution in [3.63, 3.8) is 0 Å². The van der Waals surface area contributed by atoms with Gasteiger partial charge in [0, 0.05) is 19.2 Å². The maximum Gasteiger partial charge on any atom is 0.243 e. The van der Waals surface area contributed by atoms with Crippen LogP contribution >= 0.6 is 0 Å². The molecule has 6 heteroatoms. The summed E-state index contributed by atoms with van der Waals surface area (Å²) in [6.07, 6.45) is 0.807. The predicted octanol–water partition coefficient (Wildman–Crippen LogP) is 1.28. The average molecular weight is 285 g/mol. The number of hydrogen-bond acceptors (Lipinski definition) is 4. The Morgan fingerprint density at radius 3 is 2.58 bits per heavy atom. The topological polar surface area (TPSA) is 55.8 Å². The summed E-state index contributed by atoms with van der Waals surface area (Å²) in [5.74, 6) is 0.622. The van der Waals surface area contributed by atoms with Gasteiger partial charge in [-0.3, -0.25) is 0 Å². The average Bonchev–Trinajstić information content (AvgIpc) is 2.47. The predicted molar refractivity (Wildman–Crippen MR) is 71.9 cm³/mol. The SMILES string of the molecule is CCc1ccc(S(=O)(=O)N2CCOCC2)cc1OC. The molecule has 0 bridgehead atoms. The molecule has 0 saturated carbocycles. The third-order valence-electron chi connectivity index (χ3n) is 3.25. The molecule has 0 N–H and O–H groups in total. The van der Waals surface area contributed by atoms with Gasteiger partial charge in [-0.2, -0.15) is 4.31 Å². The summed E-state index contributed by atoms with van der Waals surface area (Å²) in [5.41, 5.74) is 1.00. The molecule has 1 aliphatic heterocycles. The van der Waals surface area contributed by atoms with E-state index in [1.54, 1.807) is 19.2 Å². The minimum Gasteiger partial charge on any atom is -0.496 e. The van der Waals surface area contributed by atoms with E-state index in [9.17, 15) is 8.42 Å². The molecule has 0 unspecified atom stereocenters. The summed E-state index contributed by atoms with van der Waals surface area (Å²) in [5, 5.41) is 0. The van der Waals surface area contributed by atoms with Crippen LogP contribution in [0.5, 0.6) is 5.75 Å². The second-order valence-electron chi connectivity index (χ2n) is 4.34. The van der Waals surface area contributed by atoms with E-state index in [1.807, 2.05) is 13.0 Å². The smallest absolute Gasteiger partial charge is 0.243 e. The Morgan fingerprint density at radius 1 is 1.32 bits per heavy atom. The molecule has 1 aromatic carbocycles. The van der Waals surface area contributed by atoms with Crippen LogP contribution in [0.3, 0.4) is 0 Å². The van der Waals surface area contributed by atoms with Crippen molar-refractivity contribution in [3.8, 4) is 5.75 Å². The lowest BCUT2D eigenvalue weighted by Crippen LogP contribution is -2.40. The summed E-state index contributed by atoms with van der Waals surface area (Å²) in [6, 6.07) is 5.06. The van der Waals surface area contributed by atoms with Gasteiger partial charge in [0.1, 0.15) is 5.75 Å². The van der Waals surface area contributed by atoms with Gasteiger partial charge in [0.2, 0.25) is 10.0 Å². The fourth-order valence-corrected chi connectivity index (χ4v) is 3.54. The van der Waals surface area contributed by atoms with Crippen molar-refractivity contribution in [2.45, 2.75) is 18.2 Å². The van der Waals surface area contributed by atoms with Crippen molar-refractivity contribution in [2.75, 3.05) is 33.4 Å². The van der Waals surface area contributed by atoms with Crippen LogP contribution in [0.15, 0.2) is 23.1 Å². The largest absolute Gasteiger partial charge is 0.496 e. The monoisotopic (exact) mass is 285 g/mol. The van der Waals surface area contributed by atoms with Gasteiger partial charge < -0.3 is 9.47 Å². The van der Waals surface area contributed by atoms with Gasteiger partial charge in [0.05, 0.1) is 25.2 Å². The molecule has 1 fully saturated rings. The number of sulfonamides is 1. The highest BCUT2D eigenvalue weighted by molar-refractivity contribution is 7.89. The fourth-order valence-electron chi connectivity index (χ4n) is 2.11. The van der Waals surface area contributed by atoms with Crippen molar-refractivity contribution in [3.05, 3.63) is 23.8 Å². The minimum absolute atomic E-state index is 0.281. The molecule has 19 heavy (non-hydrogen) atoms. The van der Waals surface area contributed by atoms with Gasteiger partial charge in [0.15, 0.2) is 0 Å². The van der Waals surface area contributed by atoms with Crippen molar-refractivity contribution >= 4 is 10.0 Å². The van der Waals surface area contributed by atoms with Crippen LogP contribution in [-0.4, -0.2) is 46.1 Å². The van der Waals surface area contributed by atoms with Gasteiger partial charge >= 0.3 is 0 Å². The molecule has 0 atom stereocenters. The molecule has 2 rings (SSSR count). The molecular weight excluding hydrogens is 266 g/mol. The molecule has 1 aliphatic rings. The highest BCUT2D eigenvalue weighted by Gasteiger charge is 2.26. The standard InChI is InChI=1S/C13H19NO4S/c1-3-11-4-5-12(10-13(11)17-2)19(15,16)14-6-8-18-9-7-14/h4-5,10H,3,6-9H2,1-2H3. The Labute approximate surface area is 114 Å². The highest BCUT2D eigenvalue weighted by Crippen LogP contribution is 2.25. The first-order valence-corrected chi connectivity index (χ1v) is 7.78. The van der Waals surface area contributed by atoms with Gasteiger partial charge in [-0.05, 0) is 18.1 Å². The summed E-state index contributed by atoms with van der Waals surface area (Å²) >= 11 is 0. The van der Waals surface area contributed by atoms with E-state index in [1.165, 1.54) is 4.31 Å². The Balaban J connectivity index is 2.34. The second kappa shape index (κ2) is 5.90. The number of ether oxygens (including phenoxy) is 2. The maximum atomic E-state index is 12.5. The maximum absolute atomic E-state index is 12.5. The van der Waals surface area contributed by atoms with E-state index in [0.717, 1.165) is 12.0 Å². The van der Waals surface area contributed by atoms with E-state index in [-0.39, 0.29) is 4.90 Å². The first-order chi connectivity index (χ1) is 9.09. The lowest BCUT2D eigenvalue weighted by atomic mass is 10.1. The Bertz CT molecular complexity index is 536. The molecule has 1 aromatic rings. The van der Waals surface area contributed by atoms with E-state index < -0.39 is 10.0 Å². The van der Waals surface area contributed by atoms with Gasteiger partial charge in [0.25, 0.3) is 0 Å². The Hall–Kier alpha value is -1.11. The van der Waals surface area contributed by atoms with Crippen LogP contribution in [0.4, 0.5) is 0 Å². The van der Waals surface area contributed by atoms with Crippen molar-refractivity contribution in [1.29, 1.82) is 0 Å². The number of nitrogens with zero attached hydrogens (tertiary/aromatic N) is 1. The number of benzene rings is 1. The molecule has 106 valence electrons. The molecule has 0 amide bonds. The summed E-state index contributed by atoms with van der Waals surface area (Å²) in [7, 11) is -1.89. The van der Waals surface area contributed by atoms with Crippen LogP contribution in [-0.2, 0) is 21.2 Å². The van der Waals surface area contributed by atoms with E-state index >= 15 is 0 Å². The van der Waals surface area contributed by atoms with Crippen molar-refractivity contribution in [2.24, 2.45) is 0 Å². The molecule has 1 heterocycles. The molecule has 0 aromatic heterocycles. The second-order valence-corrected chi connectivity index (χ2v) is 6.28. The first-order valence-electron chi connectivity index (χ1n) is 6.34. The third kappa shape index (κ3) is 2.91. The summed E-state index contributed by atoms with van der Waals surface area (Å²) < 4.78 is 36.8. The molecular formula is C13H19NO4S. The van der Waals surface area contributed by atoms with Crippen molar-refractivity contribution in [1.82, 2.24) is 4.31 Å². The van der Waals surface area contributed by atoms with Gasteiger partial charge in [-0.15, -0.1) is 0 Å². The lowest BCUT2D eigenvalue weighted by Gasteiger charge is -2.26. The zero-order chi connectivity index (χ0) is 13.9. The molecule has 5 nitrogen and oxygen atoms in total. The molecule has 0 spiro atoms. The van der Waals surface area contributed by atoms with Crippen molar-refractivity contribution < 1.29 is 17.9 Å². The first kappa shape index (κ1) is 14.3. The van der Waals surface area contributed by atoms with E-state index in [2.05, 4.69) is 0 Å². The summed E-state index contributed by atoms with van der Waals surface area (Å²) in [6.45, 7) is 3.71. The highest BCUT2D eigenvalue weighted by atomic mass is 32.2. The molecule has 0 radical (unpaired) electrons. The number of aryl methyl sites for hydroxylation is 1. The molecule has 0 aliphatic carbocycles.